The van der Waals surface area contributed by atoms with Gasteiger partial charge in [-0.1, -0.05) is 55.8 Å². The van der Waals surface area contributed by atoms with Gasteiger partial charge in [0.15, 0.2) is 5.65 Å². The molecule has 0 saturated heterocycles. The summed E-state index contributed by atoms with van der Waals surface area (Å²) in [5.74, 6) is 0.583. The van der Waals surface area contributed by atoms with Crippen molar-refractivity contribution >= 4 is 15.7 Å². The monoisotopic (exact) mass is 488 g/mol. The highest BCUT2D eigenvalue weighted by atomic mass is 32.2. The number of hydrogen-bond donors (Lipinski definition) is 0. The lowest BCUT2D eigenvalue weighted by atomic mass is 9.95. The molecule has 0 bridgehead atoms. The average Bonchev–Trinajstić information content (AvgIpc) is 3.32. The van der Waals surface area contributed by atoms with Crippen LogP contribution in [-0.2, 0) is 22.9 Å². The van der Waals surface area contributed by atoms with Crippen LogP contribution in [0.5, 0.6) is 0 Å². The van der Waals surface area contributed by atoms with E-state index in [-0.39, 0.29) is 5.16 Å². The van der Waals surface area contributed by atoms with Crippen molar-refractivity contribution in [1.82, 2.24) is 23.9 Å². The zero-order chi connectivity index (χ0) is 25.2. The van der Waals surface area contributed by atoms with Gasteiger partial charge >= 0.3 is 0 Å². The molecule has 0 amide bonds. The molecule has 180 valence electrons. The number of aryl methyl sites for hydroxylation is 2. The Morgan fingerprint density at radius 3 is 2.49 bits per heavy atom. The average molecular weight is 489 g/mol. The number of fused-ring (bicyclic) bond motifs is 1. The molecule has 2 aromatic carbocycles. The second kappa shape index (κ2) is 9.94. The predicted octanol–water partition coefficient (Wildman–Crippen LogP) is 4.16. The number of benzene rings is 2. The molecule has 4 rings (SSSR count). The minimum absolute atomic E-state index is 0.251. The smallest absolute Gasteiger partial charge is 0.238 e. The van der Waals surface area contributed by atoms with Crippen LogP contribution in [0.1, 0.15) is 48.0 Å². The van der Waals surface area contributed by atoms with Crippen LogP contribution in [0.15, 0.2) is 53.7 Å². The standard InChI is InChI=1S/C26H28N6O2S/c1-5-6-12-24-23(25-29-26(35(33,34)31(3)4)30-32(25)18(2)28-24)16-19-13-14-22(21(15-19)17-27)20-10-8-7-9-11-20/h7-11,13-15H,5-6,12,16H2,1-4H3. The minimum atomic E-state index is -3.80. The molecule has 0 spiro atoms. The van der Waals surface area contributed by atoms with Gasteiger partial charge in [-0.25, -0.2) is 17.7 Å². The molecule has 0 radical (unpaired) electrons. The lowest BCUT2D eigenvalue weighted by Crippen LogP contribution is -2.23. The highest BCUT2D eigenvalue weighted by Gasteiger charge is 2.26. The van der Waals surface area contributed by atoms with E-state index < -0.39 is 10.0 Å². The zero-order valence-corrected chi connectivity index (χ0v) is 21.2. The quantitative estimate of drug-likeness (QED) is 0.369. The van der Waals surface area contributed by atoms with Crippen molar-refractivity contribution in [2.24, 2.45) is 0 Å². The van der Waals surface area contributed by atoms with Crippen LogP contribution in [0, 0.1) is 18.3 Å². The van der Waals surface area contributed by atoms with E-state index in [4.69, 9.17) is 4.98 Å². The molecule has 0 saturated carbocycles. The van der Waals surface area contributed by atoms with Crippen molar-refractivity contribution in [3.63, 3.8) is 0 Å². The van der Waals surface area contributed by atoms with Crippen LogP contribution >= 0.6 is 0 Å². The number of nitrogens with zero attached hydrogens (tertiary/aromatic N) is 6. The van der Waals surface area contributed by atoms with E-state index in [1.165, 1.54) is 18.6 Å². The van der Waals surface area contributed by atoms with Gasteiger partial charge in [-0.2, -0.15) is 14.8 Å². The maximum Gasteiger partial charge on any atom is 0.283 e. The first-order chi connectivity index (χ1) is 16.8. The van der Waals surface area contributed by atoms with Crippen LogP contribution in [0.3, 0.4) is 0 Å². The molecule has 2 heterocycles. The van der Waals surface area contributed by atoms with Crippen molar-refractivity contribution in [3.05, 3.63) is 76.7 Å². The summed E-state index contributed by atoms with van der Waals surface area (Å²) in [7, 11) is -0.891. The molecule has 0 atom stereocenters. The van der Waals surface area contributed by atoms with Gasteiger partial charge < -0.3 is 0 Å². The first-order valence-electron chi connectivity index (χ1n) is 11.5. The van der Waals surface area contributed by atoms with Crippen molar-refractivity contribution in [2.75, 3.05) is 14.1 Å². The topological polar surface area (TPSA) is 104 Å². The number of aromatic nitrogens is 4. The summed E-state index contributed by atoms with van der Waals surface area (Å²) in [5.41, 5.74) is 5.54. The third-order valence-electron chi connectivity index (χ3n) is 5.96. The Kier molecular flexibility index (Phi) is 6.96. The van der Waals surface area contributed by atoms with Gasteiger partial charge in [-0.15, -0.1) is 5.10 Å². The van der Waals surface area contributed by atoms with Gasteiger partial charge in [0.05, 0.1) is 11.6 Å². The van der Waals surface area contributed by atoms with Crippen LogP contribution in [0.25, 0.3) is 16.8 Å². The second-order valence-electron chi connectivity index (χ2n) is 8.64. The van der Waals surface area contributed by atoms with Gasteiger partial charge in [0.1, 0.15) is 5.82 Å². The summed E-state index contributed by atoms with van der Waals surface area (Å²) in [5, 5.41) is 13.9. The van der Waals surface area contributed by atoms with Crippen LogP contribution in [0.4, 0.5) is 0 Å². The molecule has 0 N–H and O–H groups in total. The first-order valence-corrected chi connectivity index (χ1v) is 13.0. The number of nitriles is 1. The normalized spacial score (nSPS) is 11.8. The van der Waals surface area contributed by atoms with E-state index in [1.54, 1.807) is 6.92 Å². The highest BCUT2D eigenvalue weighted by molar-refractivity contribution is 7.88. The van der Waals surface area contributed by atoms with Crippen LogP contribution in [0.2, 0.25) is 0 Å². The molecule has 0 fully saturated rings. The first kappa shape index (κ1) is 24.5. The van der Waals surface area contributed by atoms with Gasteiger partial charge in [0.25, 0.3) is 15.2 Å². The van der Waals surface area contributed by atoms with Crippen molar-refractivity contribution in [3.8, 4) is 17.2 Å². The maximum absolute atomic E-state index is 12.7. The number of rotatable bonds is 8. The lowest BCUT2D eigenvalue weighted by molar-refractivity contribution is 0.511. The summed E-state index contributed by atoms with van der Waals surface area (Å²) < 4.78 is 28.1. The van der Waals surface area contributed by atoms with Gasteiger partial charge in [-0.05, 0) is 42.5 Å². The molecule has 35 heavy (non-hydrogen) atoms. The lowest BCUT2D eigenvalue weighted by Gasteiger charge is -2.13. The highest BCUT2D eigenvalue weighted by Crippen LogP contribution is 2.27. The van der Waals surface area contributed by atoms with Crippen molar-refractivity contribution < 1.29 is 8.42 Å². The fraction of sp³-hybridized carbons (Fsp3) is 0.308. The zero-order valence-electron chi connectivity index (χ0n) is 20.4. The molecule has 8 nitrogen and oxygen atoms in total. The van der Waals surface area contributed by atoms with Crippen molar-refractivity contribution in [2.45, 2.75) is 44.7 Å². The summed E-state index contributed by atoms with van der Waals surface area (Å²) >= 11 is 0. The van der Waals surface area contributed by atoms with E-state index in [1.807, 2.05) is 48.5 Å². The van der Waals surface area contributed by atoms with Crippen molar-refractivity contribution in [1.29, 1.82) is 5.26 Å². The third-order valence-corrected chi connectivity index (χ3v) is 7.55. The summed E-state index contributed by atoms with van der Waals surface area (Å²) in [6.07, 6.45) is 3.16. The van der Waals surface area contributed by atoms with E-state index >= 15 is 0 Å². The Labute approximate surface area is 205 Å². The number of sulfonamides is 1. The van der Waals surface area contributed by atoms with Crippen LogP contribution in [-0.4, -0.2) is 46.4 Å². The Morgan fingerprint density at radius 2 is 1.83 bits per heavy atom. The summed E-state index contributed by atoms with van der Waals surface area (Å²) in [6.45, 7) is 3.92. The van der Waals surface area contributed by atoms with E-state index in [2.05, 4.69) is 23.1 Å². The molecule has 0 aliphatic carbocycles. The molecular weight excluding hydrogens is 460 g/mol. The molecule has 0 unspecified atom stereocenters. The molecule has 2 aromatic heterocycles. The number of hydrogen-bond acceptors (Lipinski definition) is 6. The van der Waals surface area contributed by atoms with Gasteiger partial charge in [0.2, 0.25) is 0 Å². The fourth-order valence-corrected chi connectivity index (χ4v) is 4.74. The minimum Gasteiger partial charge on any atom is -0.238 e. The molecular formula is C26H28N6O2S. The van der Waals surface area contributed by atoms with E-state index in [0.29, 0.717) is 23.5 Å². The Hall–Kier alpha value is -3.61. The van der Waals surface area contributed by atoms with Gasteiger partial charge in [0, 0.05) is 31.8 Å². The number of unbranched alkanes of at least 4 members (excludes halogenated alkanes) is 1. The van der Waals surface area contributed by atoms with Crippen LogP contribution < -0.4 is 0 Å². The third kappa shape index (κ3) is 4.81. The fourth-order valence-electron chi connectivity index (χ4n) is 4.03. The van der Waals surface area contributed by atoms with E-state index in [9.17, 15) is 13.7 Å². The molecule has 4 aromatic rings. The molecule has 0 aliphatic heterocycles. The van der Waals surface area contributed by atoms with Gasteiger partial charge in [-0.3, -0.25) is 0 Å². The molecule has 0 aliphatic rings. The Bertz CT molecular complexity index is 1520. The van der Waals surface area contributed by atoms with E-state index in [0.717, 1.165) is 51.5 Å². The largest absolute Gasteiger partial charge is 0.283 e. The SMILES string of the molecule is CCCCc1nc(C)n2nc(S(=O)(=O)N(C)C)nc2c1Cc1ccc(-c2ccccc2)c(C#N)c1. The second-order valence-corrected chi connectivity index (χ2v) is 10.7. The summed E-state index contributed by atoms with van der Waals surface area (Å²) in [4.78, 5) is 9.23. The Balaban J connectivity index is 1.85. The molecule has 9 heteroatoms. The maximum atomic E-state index is 12.7. The Morgan fingerprint density at radius 1 is 1.09 bits per heavy atom. The summed E-state index contributed by atoms with van der Waals surface area (Å²) in [6, 6.07) is 18.0. The predicted molar refractivity (Wildman–Crippen MR) is 134 cm³/mol.